The molecule has 0 aromatic carbocycles. The minimum absolute atomic E-state index is 0. The average Bonchev–Trinajstić information content (AvgIpc) is 2.89. The van der Waals surface area contributed by atoms with E-state index < -0.39 is 5.60 Å². The number of hydrogen-bond acceptors (Lipinski definition) is 4. The lowest BCUT2D eigenvalue weighted by molar-refractivity contribution is -0.127. The maximum atomic E-state index is 12.6. The van der Waals surface area contributed by atoms with Gasteiger partial charge in [-0.3, -0.25) is 4.79 Å². The van der Waals surface area contributed by atoms with E-state index in [9.17, 15) is 9.59 Å². The molecule has 0 radical (unpaired) electrons. The predicted octanol–water partition coefficient (Wildman–Crippen LogP) is 2.96. The number of carbonyl (C=O) groups excluding carboxylic acids is 2. The fourth-order valence-corrected chi connectivity index (χ4v) is 3.93. The molecule has 2 atom stereocenters. The molecule has 9 heteroatoms. The zero-order valence-electron chi connectivity index (χ0n) is 19.4. The van der Waals surface area contributed by atoms with E-state index in [0.29, 0.717) is 5.96 Å². The molecule has 0 aliphatic carbocycles. The Kier molecular flexibility index (Phi) is 10.7. The number of rotatable bonds is 6. The molecule has 0 aromatic heterocycles. The lowest BCUT2D eigenvalue weighted by Gasteiger charge is -2.40. The van der Waals surface area contributed by atoms with Crippen LogP contribution < -0.4 is 10.6 Å². The second-order valence-corrected chi connectivity index (χ2v) is 9.32. The molecule has 2 amide bonds. The van der Waals surface area contributed by atoms with Gasteiger partial charge in [0.25, 0.3) is 0 Å². The first-order valence-corrected chi connectivity index (χ1v) is 10.9. The van der Waals surface area contributed by atoms with Gasteiger partial charge in [-0.25, -0.2) is 9.79 Å². The molecule has 8 nitrogen and oxygen atoms in total. The summed E-state index contributed by atoms with van der Waals surface area (Å²) in [6, 6.07) is 0.622. The number of nitrogens with one attached hydrogen (secondary N) is 2. The summed E-state index contributed by atoms with van der Waals surface area (Å²) in [5, 5.41) is 6.85. The molecule has 2 aliphatic heterocycles. The van der Waals surface area contributed by atoms with Crippen LogP contribution in [0.4, 0.5) is 4.79 Å². The van der Waals surface area contributed by atoms with Crippen LogP contribution in [0.5, 0.6) is 0 Å². The van der Waals surface area contributed by atoms with Gasteiger partial charge in [0.1, 0.15) is 12.1 Å². The highest BCUT2D eigenvalue weighted by atomic mass is 127. The Morgan fingerprint density at radius 2 is 1.77 bits per heavy atom. The molecule has 2 fully saturated rings. The molecule has 2 saturated heterocycles. The van der Waals surface area contributed by atoms with Crippen LogP contribution in [-0.2, 0) is 9.53 Å². The van der Waals surface area contributed by atoms with Gasteiger partial charge in [-0.15, -0.1) is 24.0 Å². The summed E-state index contributed by atoms with van der Waals surface area (Å²) in [6.45, 7) is 8.80. The third-order valence-corrected chi connectivity index (χ3v) is 5.37. The Hall–Kier alpha value is -1.26. The Labute approximate surface area is 198 Å². The van der Waals surface area contributed by atoms with Gasteiger partial charge in [-0.2, -0.15) is 0 Å². The summed E-state index contributed by atoms with van der Waals surface area (Å²) < 4.78 is 5.62. The number of guanidine groups is 1. The Balaban J connectivity index is 0.00000450. The average molecular weight is 537 g/mol. The molecule has 0 spiro atoms. The van der Waals surface area contributed by atoms with Crippen molar-refractivity contribution in [3.8, 4) is 0 Å². The minimum Gasteiger partial charge on any atom is -0.444 e. The summed E-state index contributed by atoms with van der Waals surface area (Å²) >= 11 is 0. The number of carbonyl (C=O) groups is 2. The zero-order chi connectivity index (χ0) is 21.6. The van der Waals surface area contributed by atoms with Crippen LogP contribution in [-0.4, -0.2) is 78.7 Å². The van der Waals surface area contributed by atoms with Crippen molar-refractivity contribution in [2.75, 3.05) is 27.2 Å². The van der Waals surface area contributed by atoms with E-state index in [1.165, 1.54) is 0 Å². The third-order valence-electron chi connectivity index (χ3n) is 5.37. The van der Waals surface area contributed by atoms with Crippen LogP contribution >= 0.6 is 24.0 Å². The van der Waals surface area contributed by atoms with Crippen LogP contribution in [0.3, 0.4) is 0 Å². The normalized spacial score (nSPS) is 23.5. The standard InChI is InChI=1S/C21H39N5O3.HI/c1-7-8-11-22-19(23-14-18(27)25(5)6)24-15-12-16-9-10-17(13-15)26(16)20(28)29-21(2,3)4;/h15-17H,7-14H2,1-6H3,(H2,22,23,24);1H. The van der Waals surface area contributed by atoms with Crippen LogP contribution in [0.25, 0.3) is 0 Å². The highest BCUT2D eigenvalue weighted by Gasteiger charge is 2.45. The van der Waals surface area contributed by atoms with Crippen molar-refractivity contribution in [3.05, 3.63) is 0 Å². The quantitative estimate of drug-likeness (QED) is 0.236. The van der Waals surface area contributed by atoms with Crippen molar-refractivity contribution in [2.45, 2.75) is 89.9 Å². The van der Waals surface area contributed by atoms with Gasteiger partial charge < -0.3 is 25.2 Å². The number of aliphatic imine (C=N–C) groups is 1. The number of ether oxygens (including phenoxy) is 1. The molecule has 2 unspecified atom stereocenters. The number of likely N-dealkylation sites (N-methyl/N-ethyl adjacent to an activating group) is 1. The summed E-state index contributed by atoms with van der Waals surface area (Å²) in [5.74, 6) is 0.658. The number of nitrogens with zero attached hydrogens (tertiary/aromatic N) is 3. The lowest BCUT2D eigenvalue weighted by atomic mass is 9.98. The monoisotopic (exact) mass is 537 g/mol. The first kappa shape index (κ1) is 26.8. The Bertz CT molecular complexity index is 592. The zero-order valence-corrected chi connectivity index (χ0v) is 21.7. The predicted molar refractivity (Wildman–Crippen MR) is 130 cm³/mol. The number of fused-ring (bicyclic) bond motifs is 2. The van der Waals surface area contributed by atoms with E-state index >= 15 is 0 Å². The van der Waals surface area contributed by atoms with Crippen molar-refractivity contribution in [2.24, 2.45) is 4.99 Å². The molecular formula is C21H40IN5O3. The van der Waals surface area contributed by atoms with Crippen LogP contribution in [0.1, 0.15) is 66.2 Å². The maximum Gasteiger partial charge on any atom is 0.410 e. The van der Waals surface area contributed by atoms with Gasteiger partial charge in [0.15, 0.2) is 5.96 Å². The van der Waals surface area contributed by atoms with E-state index in [1.807, 2.05) is 25.7 Å². The molecule has 2 aliphatic rings. The minimum atomic E-state index is -0.479. The second-order valence-electron chi connectivity index (χ2n) is 9.32. The summed E-state index contributed by atoms with van der Waals surface area (Å²) in [5.41, 5.74) is -0.479. The first-order chi connectivity index (χ1) is 13.6. The summed E-state index contributed by atoms with van der Waals surface area (Å²) in [6.07, 6.45) is 5.70. The van der Waals surface area contributed by atoms with E-state index in [4.69, 9.17) is 4.74 Å². The van der Waals surface area contributed by atoms with Crippen LogP contribution in [0, 0.1) is 0 Å². The van der Waals surface area contributed by atoms with Crippen molar-refractivity contribution >= 4 is 41.9 Å². The molecule has 0 saturated carbocycles. The largest absolute Gasteiger partial charge is 0.444 e. The number of hydrogen-bond donors (Lipinski definition) is 2. The van der Waals surface area contributed by atoms with E-state index in [-0.39, 0.29) is 60.6 Å². The SMILES string of the molecule is CCCCNC(=NCC(=O)N(C)C)NC1CC2CCC(C1)N2C(=O)OC(C)(C)C.I. The summed E-state index contributed by atoms with van der Waals surface area (Å²) in [4.78, 5) is 32.5. The number of unbranched alkanes of at least 4 members (excludes halogenated alkanes) is 1. The van der Waals surface area contributed by atoms with Gasteiger partial charge in [0.05, 0.1) is 0 Å². The van der Waals surface area contributed by atoms with Gasteiger partial charge in [-0.1, -0.05) is 13.3 Å². The highest BCUT2D eigenvalue weighted by molar-refractivity contribution is 14.0. The van der Waals surface area contributed by atoms with Gasteiger partial charge >= 0.3 is 6.09 Å². The lowest BCUT2D eigenvalue weighted by Crippen LogP contribution is -2.55. The topological polar surface area (TPSA) is 86.3 Å². The highest BCUT2D eigenvalue weighted by Crippen LogP contribution is 2.36. The van der Waals surface area contributed by atoms with Crippen molar-refractivity contribution in [3.63, 3.8) is 0 Å². The molecule has 0 aromatic rings. The van der Waals surface area contributed by atoms with Crippen LogP contribution in [0.2, 0.25) is 0 Å². The molecule has 2 heterocycles. The smallest absolute Gasteiger partial charge is 0.410 e. The van der Waals surface area contributed by atoms with E-state index in [1.54, 1.807) is 19.0 Å². The van der Waals surface area contributed by atoms with Crippen LogP contribution in [0.15, 0.2) is 4.99 Å². The molecule has 30 heavy (non-hydrogen) atoms. The number of amides is 2. The Morgan fingerprint density at radius 3 is 2.27 bits per heavy atom. The van der Waals surface area contributed by atoms with Gasteiger partial charge in [-0.05, 0) is 52.9 Å². The summed E-state index contributed by atoms with van der Waals surface area (Å²) in [7, 11) is 3.47. The van der Waals surface area contributed by atoms with Gasteiger partial charge in [0.2, 0.25) is 5.91 Å². The molecule has 2 bridgehead atoms. The molecule has 174 valence electrons. The van der Waals surface area contributed by atoms with Crippen molar-refractivity contribution in [1.29, 1.82) is 0 Å². The van der Waals surface area contributed by atoms with Gasteiger partial charge in [0, 0.05) is 38.8 Å². The first-order valence-electron chi connectivity index (χ1n) is 10.9. The molecule has 2 N–H and O–H groups in total. The third kappa shape index (κ3) is 8.11. The number of halogens is 1. The fourth-order valence-electron chi connectivity index (χ4n) is 3.93. The number of piperidine rings is 1. The fraction of sp³-hybridized carbons (Fsp3) is 0.857. The van der Waals surface area contributed by atoms with E-state index in [2.05, 4.69) is 22.5 Å². The second kappa shape index (κ2) is 12.0. The maximum absolute atomic E-state index is 12.6. The van der Waals surface area contributed by atoms with E-state index in [0.717, 1.165) is 45.1 Å². The Morgan fingerprint density at radius 1 is 1.17 bits per heavy atom. The van der Waals surface area contributed by atoms with Crippen molar-refractivity contribution in [1.82, 2.24) is 20.4 Å². The molecular weight excluding hydrogens is 497 g/mol. The molecule has 2 rings (SSSR count). The van der Waals surface area contributed by atoms with Crippen molar-refractivity contribution < 1.29 is 14.3 Å².